The van der Waals surface area contributed by atoms with E-state index in [0.717, 1.165) is 17.5 Å². The highest BCUT2D eigenvalue weighted by molar-refractivity contribution is 6.32. The van der Waals surface area contributed by atoms with Crippen LogP contribution in [0, 0.1) is 6.92 Å². The van der Waals surface area contributed by atoms with Gasteiger partial charge in [-0.05, 0) is 47.1 Å². The lowest BCUT2D eigenvalue weighted by molar-refractivity contribution is 0.471. The van der Waals surface area contributed by atoms with Crippen molar-refractivity contribution in [2.45, 2.75) is 39.5 Å². The second kappa shape index (κ2) is 5.49. The van der Waals surface area contributed by atoms with Crippen molar-refractivity contribution in [2.75, 3.05) is 0 Å². The van der Waals surface area contributed by atoms with Crippen LogP contribution in [0.3, 0.4) is 0 Å². The van der Waals surface area contributed by atoms with E-state index in [2.05, 4.69) is 45.0 Å². The summed E-state index contributed by atoms with van der Waals surface area (Å²) in [7, 11) is 0. The Kier molecular flexibility index (Phi) is 4.10. The minimum absolute atomic E-state index is 0.178. The van der Waals surface area contributed by atoms with Crippen molar-refractivity contribution in [3.8, 4) is 5.75 Å². The zero-order chi connectivity index (χ0) is 14.9. The highest BCUT2D eigenvalue weighted by Crippen LogP contribution is 2.29. The SMILES string of the molecule is Cc1cc(Cc2ccc(C(C)(C)C)cc2)cc(Cl)c1O. The van der Waals surface area contributed by atoms with Gasteiger partial charge >= 0.3 is 0 Å². The fourth-order valence-corrected chi connectivity index (χ4v) is 2.56. The van der Waals surface area contributed by atoms with E-state index in [-0.39, 0.29) is 11.2 Å². The minimum Gasteiger partial charge on any atom is -0.506 e. The summed E-state index contributed by atoms with van der Waals surface area (Å²) in [6.45, 7) is 8.51. The van der Waals surface area contributed by atoms with E-state index in [9.17, 15) is 5.11 Å². The number of phenolic OH excluding ortho intramolecular Hbond substituents is 1. The molecule has 20 heavy (non-hydrogen) atoms. The lowest BCUT2D eigenvalue weighted by atomic mass is 9.86. The molecule has 0 saturated carbocycles. The Balaban J connectivity index is 2.23. The molecule has 0 amide bonds. The van der Waals surface area contributed by atoms with Gasteiger partial charge in [-0.1, -0.05) is 62.7 Å². The van der Waals surface area contributed by atoms with Crippen molar-refractivity contribution in [1.82, 2.24) is 0 Å². The van der Waals surface area contributed by atoms with Gasteiger partial charge in [0, 0.05) is 0 Å². The van der Waals surface area contributed by atoms with E-state index in [1.54, 1.807) is 0 Å². The lowest BCUT2D eigenvalue weighted by Gasteiger charge is -2.19. The summed E-state index contributed by atoms with van der Waals surface area (Å²) in [5.74, 6) is 0.179. The van der Waals surface area contributed by atoms with Gasteiger partial charge in [-0.2, -0.15) is 0 Å². The number of phenols is 1. The molecular weight excluding hydrogens is 268 g/mol. The maximum Gasteiger partial charge on any atom is 0.137 e. The van der Waals surface area contributed by atoms with E-state index in [4.69, 9.17) is 11.6 Å². The first-order valence-electron chi connectivity index (χ1n) is 6.85. The molecule has 2 heteroatoms. The Morgan fingerprint density at radius 1 is 1.00 bits per heavy atom. The van der Waals surface area contributed by atoms with Gasteiger partial charge in [-0.3, -0.25) is 0 Å². The second-order valence-corrected chi connectivity index (χ2v) is 6.77. The van der Waals surface area contributed by atoms with Gasteiger partial charge < -0.3 is 5.11 Å². The first kappa shape index (κ1) is 14.9. The van der Waals surface area contributed by atoms with Crippen LogP contribution in [-0.2, 0) is 11.8 Å². The van der Waals surface area contributed by atoms with Crippen molar-refractivity contribution >= 4 is 11.6 Å². The molecule has 0 bridgehead atoms. The summed E-state index contributed by atoms with van der Waals surface area (Å²) >= 11 is 6.02. The van der Waals surface area contributed by atoms with Crippen molar-refractivity contribution < 1.29 is 5.11 Å². The Morgan fingerprint density at radius 2 is 1.60 bits per heavy atom. The van der Waals surface area contributed by atoms with Crippen LogP contribution in [0.2, 0.25) is 5.02 Å². The molecule has 1 N–H and O–H groups in total. The van der Waals surface area contributed by atoms with Crippen LogP contribution in [0.15, 0.2) is 36.4 Å². The van der Waals surface area contributed by atoms with Gasteiger partial charge in [0.2, 0.25) is 0 Å². The molecule has 2 rings (SSSR count). The Bertz CT molecular complexity index is 583. The molecule has 0 atom stereocenters. The monoisotopic (exact) mass is 288 g/mol. The van der Waals surface area contributed by atoms with Crippen LogP contribution < -0.4 is 0 Å². The van der Waals surface area contributed by atoms with Gasteiger partial charge in [-0.25, -0.2) is 0 Å². The molecule has 0 aliphatic carbocycles. The molecule has 1 nitrogen and oxygen atoms in total. The van der Waals surface area contributed by atoms with Crippen LogP contribution in [-0.4, -0.2) is 5.11 Å². The smallest absolute Gasteiger partial charge is 0.137 e. The number of hydrogen-bond acceptors (Lipinski definition) is 1. The third-order valence-electron chi connectivity index (χ3n) is 3.54. The summed E-state index contributed by atoms with van der Waals surface area (Å²) < 4.78 is 0. The molecule has 0 heterocycles. The van der Waals surface area contributed by atoms with Crippen LogP contribution >= 0.6 is 11.6 Å². The minimum atomic E-state index is 0.178. The average molecular weight is 289 g/mol. The zero-order valence-corrected chi connectivity index (χ0v) is 13.3. The molecule has 0 saturated heterocycles. The predicted molar refractivity (Wildman–Crippen MR) is 85.8 cm³/mol. The number of aryl methyl sites for hydroxylation is 1. The third kappa shape index (κ3) is 3.34. The Labute approximate surface area is 126 Å². The molecule has 0 aliphatic heterocycles. The largest absolute Gasteiger partial charge is 0.506 e. The lowest BCUT2D eigenvalue weighted by Crippen LogP contribution is -2.10. The first-order chi connectivity index (χ1) is 9.27. The normalized spacial score (nSPS) is 11.7. The number of hydrogen-bond donors (Lipinski definition) is 1. The summed E-state index contributed by atoms with van der Waals surface area (Å²) in [5, 5.41) is 10.1. The standard InChI is InChI=1S/C18H21ClO/c1-12-9-14(11-16(19)17(12)20)10-13-5-7-15(8-6-13)18(2,3)4/h5-9,11,20H,10H2,1-4H3. The summed E-state index contributed by atoms with van der Waals surface area (Å²) in [6.07, 6.45) is 0.825. The highest BCUT2D eigenvalue weighted by atomic mass is 35.5. The summed E-state index contributed by atoms with van der Waals surface area (Å²) in [6, 6.07) is 12.5. The molecule has 0 aliphatic rings. The highest BCUT2D eigenvalue weighted by Gasteiger charge is 2.13. The van der Waals surface area contributed by atoms with E-state index < -0.39 is 0 Å². The summed E-state index contributed by atoms with van der Waals surface area (Å²) in [4.78, 5) is 0. The number of rotatable bonds is 2. The molecule has 106 valence electrons. The van der Waals surface area contributed by atoms with Crippen molar-refractivity contribution in [3.05, 3.63) is 63.7 Å². The van der Waals surface area contributed by atoms with Gasteiger partial charge in [-0.15, -0.1) is 0 Å². The molecule has 2 aromatic rings. The van der Waals surface area contributed by atoms with Gasteiger partial charge in [0.15, 0.2) is 0 Å². The fourth-order valence-electron chi connectivity index (χ4n) is 2.27. The van der Waals surface area contributed by atoms with Crippen molar-refractivity contribution in [2.24, 2.45) is 0 Å². The quantitative estimate of drug-likeness (QED) is 0.801. The maximum absolute atomic E-state index is 9.69. The molecular formula is C18H21ClO. The first-order valence-corrected chi connectivity index (χ1v) is 7.22. The number of benzene rings is 2. The Morgan fingerprint density at radius 3 is 2.10 bits per heavy atom. The predicted octanol–water partition coefficient (Wildman–Crippen LogP) is 5.24. The van der Waals surface area contributed by atoms with Gasteiger partial charge in [0.25, 0.3) is 0 Å². The molecule has 0 fully saturated rings. The number of halogens is 1. The second-order valence-electron chi connectivity index (χ2n) is 6.37. The van der Waals surface area contributed by atoms with Crippen LogP contribution in [0.4, 0.5) is 0 Å². The topological polar surface area (TPSA) is 20.2 Å². The number of aromatic hydroxyl groups is 1. The van der Waals surface area contributed by atoms with E-state index in [0.29, 0.717) is 5.02 Å². The zero-order valence-electron chi connectivity index (χ0n) is 12.5. The van der Waals surface area contributed by atoms with E-state index in [1.165, 1.54) is 11.1 Å². The Hall–Kier alpha value is -1.47. The maximum atomic E-state index is 9.69. The third-order valence-corrected chi connectivity index (χ3v) is 3.83. The van der Waals surface area contributed by atoms with E-state index in [1.807, 2.05) is 19.1 Å². The van der Waals surface area contributed by atoms with Crippen LogP contribution in [0.25, 0.3) is 0 Å². The molecule has 2 aromatic carbocycles. The molecule has 0 spiro atoms. The fraction of sp³-hybridized carbons (Fsp3) is 0.333. The van der Waals surface area contributed by atoms with E-state index >= 15 is 0 Å². The summed E-state index contributed by atoms with van der Waals surface area (Å²) in [5.41, 5.74) is 4.70. The van der Waals surface area contributed by atoms with Crippen molar-refractivity contribution in [1.29, 1.82) is 0 Å². The molecule has 0 radical (unpaired) electrons. The molecule has 0 aromatic heterocycles. The van der Waals surface area contributed by atoms with Crippen LogP contribution in [0.1, 0.15) is 43.0 Å². The van der Waals surface area contributed by atoms with Gasteiger partial charge in [0.1, 0.15) is 5.75 Å². The molecule has 0 unspecified atom stereocenters. The average Bonchev–Trinajstić information content (AvgIpc) is 2.35. The van der Waals surface area contributed by atoms with Crippen LogP contribution in [0.5, 0.6) is 5.75 Å². The van der Waals surface area contributed by atoms with Gasteiger partial charge in [0.05, 0.1) is 5.02 Å². The van der Waals surface area contributed by atoms with Crippen molar-refractivity contribution in [3.63, 3.8) is 0 Å².